The van der Waals surface area contributed by atoms with Gasteiger partial charge in [0.1, 0.15) is 6.26 Å². The van der Waals surface area contributed by atoms with Crippen LogP contribution in [0.25, 0.3) is 0 Å². The highest BCUT2D eigenvalue weighted by atomic mass is 19.1. The number of hydrogen-bond acceptors (Lipinski definition) is 4. The van der Waals surface area contributed by atoms with Crippen LogP contribution in [-0.2, 0) is 4.74 Å². The summed E-state index contributed by atoms with van der Waals surface area (Å²) in [7, 11) is 1.16. The second-order valence-electron chi connectivity index (χ2n) is 4.08. The highest BCUT2D eigenvalue weighted by Gasteiger charge is 2.19. The van der Waals surface area contributed by atoms with Crippen LogP contribution in [-0.4, -0.2) is 19.0 Å². The minimum atomic E-state index is -0.825. The van der Waals surface area contributed by atoms with Crippen molar-refractivity contribution in [3.63, 3.8) is 0 Å². The van der Waals surface area contributed by atoms with E-state index in [1.54, 1.807) is 6.92 Å². The van der Waals surface area contributed by atoms with Crippen molar-refractivity contribution in [2.24, 2.45) is 0 Å². The van der Waals surface area contributed by atoms with E-state index in [4.69, 9.17) is 4.42 Å². The van der Waals surface area contributed by atoms with E-state index in [1.807, 2.05) is 0 Å². The zero-order chi connectivity index (χ0) is 14.7. The number of esters is 1. The number of rotatable bonds is 3. The molecular formula is C14H12FNO4. The molecule has 2 aromatic rings. The van der Waals surface area contributed by atoms with E-state index in [0.717, 1.165) is 7.11 Å². The number of aryl methyl sites for hydroxylation is 1. The molecule has 5 nitrogen and oxygen atoms in total. The molecule has 0 aliphatic heterocycles. The molecule has 0 fully saturated rings. The van der Waals surface area contributed by atoms with Crippen molar-refractivity contribution in [2.45, 2.75) is 6.92 Å². The molecule has 0 spiro atoms. The van der Waals surface area contributed by atoms with E-state index in [0.29, 0.717) is 5.56 Å². The van der Waals surface area contributed by atoms with Gasteiger partial charge >= 0.3 is 5.97 Å². The first kappa shape index (κ1) is 13.8. The Hall–Kier alpha value is -2.63. The molecule has 6 heteroatoms. The van der Waals surface area contributed by atoms with Gasteiger partial charge in [0, 0.05) is 0 Å². The fourth-order valence-electron chi connectivity index (χ4n) is 1.67. The zero-order valence-corrected chi connectivity index (χ0v) is 10.9. The minimum absolute atomic E-state index is 0.0564. The molecule has 1 aromatic heterocycles. The smallest absolute Gasteiger partial charge is 0.340 e. The molecule has 0 aliphatic rings. The van der Waals surface area contributed by atoms with Crippen LogP contribution in [0.5, 0.6) is 0 Å². The number of carbonyl (C=O) groups is 2. The molecule has 0 radical (unpaired) electrons. The Morgan fingerprint density at radius 2 is 2.05 bits per heavy atom. The van der Waals surface area contributed by atoms with E-state index in [9.17, 15) is 14.0 Å². The number of hydrogen-bond donors (Lipinski definition) is 1. The number of benzene rings is 1. The van der Waals surface area contributed by atoms with E-state index in [1.165, 1.54) is 30.7 Å². The number of furan rings is 1. The predicted octanol–water partition coefficient (Wildman–Crippen LogP) is 2.77. The standard InChI is InChI=1S/C14H12FNO4/c1-8-3-4-10(14(18)19-2)11(15)12(8)16-13(17)9-5-6-20-7-9/h3-7H,1-2H3,(H,16,17). The summed E-state index contributed by atoms with van der Waals surface area (Å²) in [6, 6.07) is 4.29. The molecule has 0 bridgehead atoms. The SMILES string of the molecule is COC(=O)c1ccc(C)c(NC(=O)c2ccoc2)c1F. The van der Waals surface area contributed by atoms with Gasteiger partial charge < -0.3 is 14.5 Å². The van der Waals surface area contributed by atoms with Crippen LogP contribution in [0.15, 0.2) is 35.1 Å². The van der Waals surface area contributed by atoms with Gasteiger partial charge in [0.15, 0.2) is 5.82 Å². The van der Waals surface area contributed by atoms with E-state index < -0.39 is 17.7 Å². The van der Waals surface area contributed by atoms with Crippen LogP contribution in [0.1, 0.15) is 26.3 Å². The molecule has 0 aliphatic carbocycles. The van der Waals surface area contributed by atoms with Crippen molar-refractivity contribution in [3.8, 4) is 0 Å². The molecule has 0 unspecified atom stereocenters. The third-order valence-corrected chi connectivity index (χ3v) is 2.78. The molecule has 104 valence electrons. The Morgan fingerprint density at radius 3 is 2.65 bits per heavy atom. The molecule has 0 saturated carbocycles. The summed E-state index contributed by atoms with van der Waals surface area (Å²) in [4.78, 5) is 23.3. The Kier molecular flexibility index (Phi) is 3.84. The zero-order valence-electron chi connectivity index (χ0n) is 10.9. The first-order chi connectivity index (χ1) is 9.54. The van der Waals surface area contributed by atoms with Crippen molar-refractivity contribution in [1.29, 1.82) is 0 Å². The lowest BCUT2D eigenvalue weighted by Crippen LogP contribution is -2.15. The number of halogens is 1. The maximum Gasteiger partial charge on any atom is 0.340 e. The van der Waals surface area contributed by atoms with Crippen LogP contribution in [0, 0.1) is 12.7 Å². The molecular weight excluding hydrogens is 265 g/mol. The topological polar surface area (TPSA) is 68.5 Å². The van der Waals surface area contributed by atoms with Crippen LogP contribution >= 0.6 is 0 Å². The summed E-state index contributed by atoms with van der Waals surface area (Å²) in [6.45, 7) is 1.62. The highest BCUT2D eigenvalue weighted by molar-refractivity contribution is 6.05. The molecule has 2 rings (SSSR count). The Morgan fingerprint density at radius 1 is 1.30 bits per heavy atom. The predicted molar refractivity (Wildman–Crippen MR) is 69.1 cm³/mol. The summed E-state index contributed by atoms with van der Waals surface area (Å²) < 4.78 is 23.5. The first-order valence-corrected chi connectivity index (χ1v) is 5.75. The number of amides is 1. The quantitative estimate of drug-likeness (QED) is 0.876. The second-order valence-corrected chi connectivity index (χ2v) is 4.08. The fourth-order valence-corrected chi connectivity index (χ4v) is 1.67. The van der Waals surface area contributed by atoms with Crippen molar-refractivity contribution in [2.75, 3.05) is 12.4 Å². The van der Waals surface area contributed by atoms with Gasteiger partial charge in [0.25, 0.3) is 5.91 Å². The molecule has 0 atom stereocenters. The maximum absolute atomic E-state index is 14.2. The van der Waals surface area contributed by atoms with Crippen LogP contribution in [0.2, 0.25) is 0 Å². The third-order valence-electron chi connectivity index (χ3n) is 2.78. The molecule has 1 amide bonds. The van der Waals surface area contributed by atoms with Crippen molar-refractivity contribution in [1.82, 2.24) is 0 Å². The molecule has 1 aromatic carbocycles. The summed E-state index contributed by atoms with van der Waals surface area (Å²) >= 11 is 0. The lowest BCUT2D eigenvalue weighted by molar-refractivity contribution is 0.0595. The average Bonchev–Trinajstić information content (AvgIpc) is 2.96. The monoisotopic (exact) mass is 277 g/mol. The number of methoxy groups -OCH3 is 1. The van der Waals surface area contributed by atoms with Crippen molar-refractivity contribution < 1.29 is 23.1 Å². The van der Waals surface area contributed by atoms with Crippen LogP contribution in [0.4, 0.5) is 10.1 Å². The van der Waals surface area contributed by atoms with Gasteiger partial charge in [-0.2, -0.15) is 0 Å². The first-order valence-electron chi connectivity index (χ1n) is 5.75. The van der Waals surface area contributed by atoms with Gasteiger partial charge in [-0.05, 0) is 24.6 Å². The Balaban J connectivity index is 2.36. The molecule has 1 N–H and O–H groups in total. The average molecular weight is 277 g/mol. The van der Waals surface area contributed by atoms with Crippen LogP contribution < -0.4 is 5.32 Å². The van der Waals surface area contributed by atoms with Gasteiger partial charge in [-0.15, -0.1) is 0 Å². The summed E-state index contributed by atoms with van der Waals surface area (Å²) in [6.07, 6.45) is 2.58. The number of carbonyl (C=O) groups excluding carboxylic acids is 2. The second kappa shape index (κ2) is 5.56. The van der Waals surface area contributed by atoms with Gasteiger partial charge in [-0.25, -0.2) is 9.18 Å². The lowest BCUT2D eigenvalue weighted by atomic mass is 10.1. The summed E-state index contributed by atoms with van der Waals surface area (Å²) in [5, 5.41) is 2.42. The van der Waals surface area contributed by atoms with Crippen molar-refractivity contribution >= 4 is 17.6 Å². The largest absolute Gasteiger partial charge is 0.472 e. The van der Waals surface area contributed by atoms with Crippen molar-refractivity contribution in [3.05, 3.63) is 53.2 Å². The third kappa shape index (κ3) is 2.54. The lowest BCUT2D eigenvalue weighted by Gasteiger charge is -2.11. The molecule has 1 heterocycles. The highest BCUT2D eigenvalue weighted by Crippen LogP contribution is 2.24. The number of ether oxygens (including phenoxy) is 1. The molecule has 0 saturated heterocycles. The summed E-state index contributed by atoms with van der Waals surface area (Å²) in [5.41, 5.74) is 0.457. The van der Waals surface area contributed by atoms with Gasteiger partial charge in [-0.3, -0.25) is 4.79 Å². The van der Waals surface area contributed by atoms with Gasteiger partial charge in [-0.1, -0.05) is 6.07 Å². The Labute approximate surface area is 114 Å². The fraction of sp³-hybridized carbons (Fsp3) is 0.143. The normalized spacial score (nSPS) is 10.2. The van der Waals surface area contributed by atoms with E-state index in [2.05, 4.69) is 10.1 Å². The van der Waals surface area contributed by atoms with E-state index >= 15 is 0 Å². The van der Waals surface area contributed by atoms with Gasteiger partial charge in [0.05, 0.1) is 30.2 Å². The summed E-state index contributed by atoms with van der Waals surface area (Å²) in [5.74, 6) is -2.15. The van der Waals surface area contributed by atoms with Gasteiger partial charge in [0.2, 0.25) is 0 Å². The minimum Gasteiger partial charge on any atom is -0.472 e. The van der Waals surface area contributed by atoms with Crippen LogP contribution in [0.3, 0.4) is 0 Å². The maximum atomic E-state index is 14.2. The van der Waals surface area contributed by atoms with E-state index in [-0.39, 0.29) is 16.8 Å². The Bertz CT molecular complexity index is 649. The number of nitrogens with one attached hydrogen (secondary N) is 1. The number of anilines is 1. The molecule has 20 heavy (non-hydrogen) atoms.